The molecule has 2 nitrogen and oxygen atoms in total. The van der Waals surface area contributed by atoms with Crippen LogP contribution in [0.15, 0.2) is 11.8 Å². The van der Waals surface area contributed by atoms with Gasteiger partial charge in [0.05, 0.1) is 11.9 Å². The smallest absolute Gasteiger partial charge is 0.128 e. The first-order chi connectivity index (χ1) is 5.75. The summed E-state index contributed by atoms with van der Waals surface area (Å²) in [7, 11) is 0. The number of aliphatic hydroxyl groups is 1. The molecule has 0 aromatic carbocycles. The van der Waals surface area contributed by atoms with Gasteiger partial charge in [0.15, 0.2) is 0 Å². The Balaban J connectivity index is 4.37. The normalized spacial score (nSPS) is 14.2. The van der Waals surface area contributed by atoms with Crippen LogP contribution in [0.3, 0.4) is 0 Å². The highest BCUT2D eigenvalue weighted by Crippen LogP contribution is 2.20. The summed E-state index contributed by atoms with van der Waals surface area (Å²) in [6.45, 7) is 11.6. The van der Waals surface area contributed by atoms with E-state index in [1.165, 1.54) is 0 Å². The van der Waals surface area contributed by atoms with Crippen molar-refractivity contribution in [1.29, 1.82) is 0 Å². The summed E-state index contributed by atoms with van der Waals surface area (Å²) < 4.78 is 5.52. The highest BCUT2D eigenvalue weighted by atomic mass is 16.5. The lowest BCUT2D eigenvalue weighted by molar-refractivity contribution is -0.0764. The van der Waals surface area contributed by atoms with Crippen LogP contribution in [-0.2, 0) is 4.74 Å². The topological polar surface area (TPSA) is 29.5 Å². The molecule has 2 heteroatoms. The lowest BCUT2D eigenvalue weighted by atomic mass is 9.92. The Labute approximate surface area is 81.6 Å². The summed E-state index contributed by atoms with van der Waals surface area (Å²) in [5.41, 5.74) is 0.315. The maximum atomic E-state index is 9.81. The van der Waals surface area contributed by atoms with Gasteiger partial charge in [0.25, 0.3) is 0 Å². The van der Waals surface area contributed by atoms with E-state index in [0.717, 1.165) is 5.57 Å². The van der Waals surface area contributed by atoms with Crippen molar-refractivity contribution in [1.82, 2.24) is 0 Å². The minimum atomic E-state index is -0.792. The Morgan fingerprint density at radius 2 is 1.77 bits per heavy atom. The van der Waals surface area contributed by atoms with Crippen molar-refractivity contribution in [3.05, 3.63) is 11.8 Å². The molecule has 0 radical (unpaired) electrons. The molecule has 0 aliphatic rings. The predicted octanol–water partition coefficient (Wildman–Crippen LogP) is 2.72. The molecule has 0 aromatic rings. The molecule has 0 fully saturated rings. The van der Waals surface area contributed by atoms with E-state index < -0.39 is 5.60 Å². The maximum absolute atomic E-state index is 9.81. The summed E-state index contributed by atoms with van der Waals surface area (Å²) in [6, 6.07) is 0. The van der Waals surface area contributed by atoms with Gasteiger partial charge in [-0.1, -0.05) is 13.8 Å². The van der Waals surface area contributed by atoms with Crippen molar-refractivity contribution in [2.45, 2.75) is 53.2 Å². The van der Waals surface area contributed by atoms with E-state index in [1.807, 2.05) is 27.7 Å². The van der Waals surface area contributed by atoms with Crippen LogP contribution in [0.1, 0.15) is 41.5 Å². The second kappa shape index (κ2) is 4.66. The van der Waals surface area contributed by atoms with Gasteiger partial charge in [-0.2, -0.15) is 0 Å². The summed E-state index contributed by atoms with van der Waals surface area (Å²) in [4.78, 5) is 0. The lowest BCUT2D eigenvalue weighted by Gasteiger charge is -2.31. The Morgan fingerprint density at radius 3 is 2.00 bits per heavy atom. The molecule has 0 aliphatic carbocycles. The second-order valence-electron chi connectivity index (χ2n) is 4.65. The fourth-order valence-corrected chi connectivity index (χ4v) is 1.35. The average Bonchev–Trinajstić information content (AvgIpc) is 1.81. The van der Waals surface area contributed by atoms with Gasteiger partial charge in [0.2, 0.25) is 0 Å². The van der Waals surface area contributed by atoms with Gasteiger partial charge >= 0.3 is 0 Å². The van der Waals surface area contributed by atoms with Crippen LogP contribution in [0.25, 0.3) is 0 Å². The van der Waals surface area contributed by atoms with Crippen LogP contribution < -0.4 is 0 Å². The summed E-state index contributed by atoms with van der Waals surface area (Å²) in [6.07, 6.45) is 1.56. The molecule has 0 aromatic heterocycles. The van der Waals surface area contributed by atoms with Crippen LogP contribution >= 0.6 is 0 Å². The second-order valence-corrected chi connectivity index (χ2v) is 4.65. The van der Waals surface area contributed by atoms with Gasteiger partial charge < -0.3 is 9.84 Å². The first kappa shape index (κ1) is 12.5. The van der Waals surface area contributed by atoms with Crippen LogP contribution in [0.4, 0.5) is 0 Å². The third-order valence-corrected chi connectivity index (χ3v) is 1.75. The van der Waals surface area contributed by atoms with Gasteiger partial charge in [0, 0.05) is 0 Å². The van der Waals surface area contributed by atoms with E-state index in [9.17, 15) is 5.11 Å². The summed E-state index contributed by atoms with van der Waals surface area (Å²) in [5.74, 6) is 0.301. The Hall–Kier alpha value is -0.500. The maximum Gasteiger partial charge on any atom is 0.128 e. The molecule has 0 aliphatic heterocycles. The average molecular weight is 186 g/mol. The molecule has 0 amide bonds. The van der Waals surface area contributed by atoms with Gasteiger partial charge in [0.1, 0.15) is 6.10 Å². The zero-order chi connectivity index (χ0) is 10.6. The largest absolute Gasteiger partial charge is 0.495 e. The molecule has 0 spiro atoms. The predicted molar refractivity (Wildman–Crippen MR) is 55.4 cm³/mol. The van der Waals surface area contributed by atoms with Crippen molar-refractivity contribution < 1.29 is 9.84 Å². The van der Waals surface area contributed by atoms with Crippen molar-refractivity contribution in [3.8, 4) is 0 Å². The SMILES string of the molecule is CC(C)=COC(C(C)C)C(C)(C)O. The number of allylic oxidation sites excluding steroid dienone is 1. The standard InChI is InChI=1S/C11H22O2/c1-8(2)7-13-10(9(3)4)11(5,6)12/h7,9-10,12H,1-6H3. The van der Waals surface area contributed by atoms with Gasteiger partial charge in [-0.25, -0.2) is 0 Å². The van der Waals surface area contributed by atoms with Crippen LogP contribution in [0.2, 0.25) is 0 Å². The zero-order valence-corrected chi connectivity index (χ0v) is 9.59. The molecule has 78 valence electrons. The molecule has 0 saturated carbocycles. The molecule has 0 rings (SSSR count). The molecule has 0 heterocycles. The summed E-state index contributed by atoms with van der Waals surface area (Å²) in [5, 5.41) is 9.81. The van der Waals surface area contributed by atoms with Gasteiger partial charge in [-0.3, -0.25) is 0 Å². The Morgan fingerprint density at radius 1 is 1.31 bits per heavy atom. The number of hydrogen-bond acceptors (Lipinski definition) is 2. The summed E-state index contributed by atoms with van der Waals surface area (Å²) >= 11 is 0. The third kappa shape index (κ3) is 4.94. The number of ether oxygens (including phenoxy) is 1. The van der Waals surface area contributed by atoms with Crippen LogP contribution in [-0.4, -0.2) is 16.8 Å². The van der Waals surface area contributed by atoms with Crippen molar-refractivity contribution in [3.63, 3.8) is 0 Å². The quantitative estimate of drug-likeness (QED) is 0.684. The van der Waals surface area contributed by atoms with E-state index in [4.69, 9.17) is 4.74 Å². The molecule has 1 unspecified atom stereocenters. The van der Waals surface area contributed by atoms with E-state index in [0.29, 0.717) is 5.92 Å². The van der Waals surface area contributed by atoms with E-state index in [-0.39, 0.29) is 6.10 Å². The molecule has 0 bridgehead atoms. The number of rotatable bonds is 4. The molecule has 0 saturated heterocycles. The third-order valence-electron chi connectivity index (χ3n) is 1.75. The number of hydrogen-bond donors (Lipinski definition) is 1. The van der Waals surface area contributed by atoms with Crippen molar-refractivity contribution in [2.75, 3.05) is 0 Å². The van der Waals surface area contributed by atoms with Crippen molar-refractivity contribution >= 4 is 0 Å². The van der Waals surface area contributed by atoms with Crippen LogP contribution in [0.5, 0.6) is 0 Å². The van der Waals surface area contributed by atoms with E-state index >= 15 is 0 Å². The molecular formula is C11H22O2. The fraction of sp³-hybridized carbons (Fsp3) is 0.818. The molecule has 1 atom stereocenters. The zero-order valence-electron chi connectivity index (χ0n) is 9.59. The first-order valence-electron chi connectivity index (χ1n) is 4.76. The van der Waals surface area contributed by atoms with E-state index in [1.54, 1.807) is 20.1 Å². The van der Waals surface area contributed by atoms with E-state index in [2.05, 4.69) is 0 Å². The highest BCUT2D eigenvalue weighted by Gasteiger charge is 2.30. The van der Waals surface area contributed by atoms with Crippen molar-refractivity contribution in [2.24, 2.45) is 5.92 Å². The fourth-order valence-electron chi connectivity index (χ4n) is 1.35. The Kier molecular flexibility index (Phi) is 4.48. The minimum Gasteiger partial charge on any atom is -0.495 e. The van der Waals surface area contributed by atoms with Crippen LogP contribution in [0, 0.1) is 5.92 Å². The molecule has 13 heavy (non-hydrogen) atoms. The Bertz CT molecular complexity index is 171. The monoisotopic (exact) mass is 186 g/mol. The first-order valence-corrected chi connectivity index (χ1v) is 4.76. The minimum absolute atomic E-state index is 0.151. The molecule has 1 N–H and O–H groups in total. The lowest BCUT2D eigenvalue weighted by Crippen LogP contribution is -2.40. The van der Waals surface area contributed by atoms with Gasteiger partial charge in [-0.15, -0.1) is 0 Å². The highest BCUT2D eigenvalue weighted by molar-refractivity contribution is 4.90. The van der Waals surface area contributed by atoms with Gasteiger partial charge in [-0.05, 0) is 39.2 Å². The molecular weight excluding hydrogens is 164 g/mol.